The van der Waals surface area contributed by atoms with Crippen molar-refractivity contribution in [3.05, 3.63) is 28.8 Å². The molecule has 1 aromatic carbocycles. The number of nitrogens with zero attached hydrogens (tertiary/aromatic N) is 1. The number of carbonyl (C=O) groups is 3. The Kier molecular flexibility index (Phi) is 3.10. The van der Waals surface area contributed by atoms with Gasteiger partial charge in [0.15, 0.2) is 0 Å². The van der Waals surface area contributed by atoms with Gasteiger partial charge in [-0.05, 0) is 18.2 Å². The van der Waals surface area contributed by atoms with Crippen LogP contribution < -0.4 is 4.90 Å². The standard InChI is InChI=1S/C13H12ClNO4/c1-13(2)6-10(16)15(12(13)19)9-4-7(11(17)18)3-8(14)5-9/h3-5H,6H2,1-2H3,(H,17,18). The molecule has 1 aliphatic rings. The molecule has 5 nitrogen and oxygen atoms in total. The molecule has 0 radical (unpaired) electrons. The maximum Gasteiger partial charge on any atom is 0.335 e. The van der Waals surface area contributed by atoms with Gasteiger partial charge in [0, 0.05) is 11.4 Å². The Labute approximate surface area is 114 Å². The lowest BCUT2D eigenvalue weighted by Gasteiger charge is -2.18. The van der Waals surface area contributed by atoms with Crippen molar-refractivity contribution in [1.82, 2.24) is 0 Å². The summed E-state index contributed by atoms with van der Waals surface area (Å²) in [5.41, 5.74) is -0.638. The summed E-state index contributed by atoms with van der Waals surface area (Å²) in [4.78, 5) is 36.0. The molecule has 1 N–H and O–H groups in total. The van der Waals surface area contributed by atoms with Gasteiger partial charge in [-0.1, -0.05) is 25.4 Å². The molecule has 0 aromatic heterocycles. The van der Waals surface area contributed by atoms with Gasteiger partial charge >= 0.3 is 5.97 Å². The van der Waals surface area contributed by atoms with Crippen molar-refractivity contribution in [3.63, 3.8) is 0 Å². The monoisotopic (exact) mass is 281 g/mol. The SMILES string of the molecule is CC1(C)CC(=O)N(c2cc(Cl)cc(C(=O)O)c2)C1=O. The van der Waals surface area contributed by atoms with E-state index >= 15 is 0 Å². The van der Waals surface area contributed by atoms with Crippen LogP contribution in [0.2, 0.25) is 5.02 Å². The fourth-order valence-corrected chi connectivity index (χ4v) is 2.27. The molecule has 6 heteroatoms. The van der Waals surface area contributed by atoms with Gasteiger partial charge in [-0.3, -0.25) is 9.59 Å². The van der Waals surface area contributed by atoms with Crippen LogP contribution in [0.5, 0.6) is 0 Å². The lowest BCUT2D eigenvalue weighted by molar-refractivity contribution is -0.124. The first-order valence-electron chi connectivity index (χ1n) is 5.63. The average molecular weight is 282 g/mol. The number of rotatable bonds is 2. The highest BCUT2D eigenvalue weighted by molar-refractivity contribution is 6.32. The maximum absolute atomic E-state index is 12.1. The Balaban J connectivity index is 2.51. The molecule has 1 fully saturated rings. The van der Waals surface area contributed by atoms with Crippen LogP contribution >= 0.6 is 11.6 Å². The van der Waals surface area contributed by atoms with Crippen molar-refractivity contribution >= 4 is 35.1 Å². The summed E-state index contributed by atoms with van der Waals surface area (Å²) < 4.78 is 0. The number of carboxylic acid groups (broad SMARTS) is 1. The quantitative estimate of drug-likeness (QED) is 0.844. The minimum absolute atomic E-state index is 0.0622. The summed E-state index contributed by atoms with van der Waals surface area (Å²) >= 11 is 5.83. The summed E-state index contributed by atoms with van der Waals surface area (Å²) in [5, 5.41) is 9.13. The molecule has 19 heavy (non-hydrogen) atoms. The fourth-order valence-electron chi connectivity index (χ4n) is 2.04. The van der Waals surface area contributed by atoms with Crippen LogP contribution in [0.25, 0.3) is 0 Å². The maximum atomic E-state index is 12.1. The summed E-state index contributed by atoms with van der Waals surface area (Å²) in [6, 6.07) is 3.94. The first kappa shape index (κ1) is 13.5. The molecule has 100 valence electrons. The average Bonchev–Trinajstić information content (AvgIpc) is 2.47. The van der Waals surface area contributed by atoms with Crippen LogP contribution in [0, 0.1) is 5.41 Å². The lowest BCUT2D eigenvalue weighted by Crippen LogP contribution is -2.33. The predicted molar refractivity (Wildman–Crippen MR) is 69.3 cm³/mol. The van der Waals surface area contributed by atoms with Crippen LogP contribution in [0.15, 0.2) is 18.2 Å². The van der Waals surface area contributed by atoms with E-state index in [0.717, 1.165) is 4.90 Å². The van der Waals surface area contributed by atoms with E-state index in [4.69, 9.17) is 16.7 Å². The summed E-state index contributed by atoms with van der Waals surface area (Å²) in [7, 11) is 0. The Morgan fingerprint density at radius 3 is 2.42 bits per heavy atom. The van der Waals surface area contributed by atoms with E-state index in [1.807, 2.05) is 0 Å². The van der Waals surface area contributed by atoms with E-state index < -0.39 is 11.4 Å². The first-order valence-corrected chi connectivity index (χ1v) is 6.01. The molecule has 0 aliphatic carbocycles. The van der Waals surface area contributed by atoms with Crippen LogP contribution in [-0.2, 0) is 9.59 Å². The molecule has 2 amide bonds. The zero-order chi connectivity index (χ0) is 14.4. The third-order valence-corrected chi connectivity index (χ3v) is 3.23. The number of amides is 2. The molecular formula is C13H12ClNO4. The van der Waals surface area contributed by atoms with Gasteiger partial charge in [-0.2, -0.15) is 0 Å². The van der Waals surface area contributed by atoms with Crippen molar-refractivity contribution in [2.75, 3.05) is 4.90 Å². The second-order valence-corrected chi connectivity index (χ2v) is 5.53. The molecule has 0 saturated carbocycles. The van der Waals surface area contributed by atoms with Gasteiger partial charge < -0.3 is 5.11 Å². The molecule has 1 aromatic rings. The topological polar surface area (TPSA) is 74.7 Å². The highest BCUT2D eigenvalue weighted by atomic mass is 35.5. The smallest absolute Gasteiger partial charge is 0.335 e. The van der Waals surface area contributed by atoms with Gasteiger partial charge in [-0.15, -0.1) is 0 Å². The fraction of sp³-hybridized carbons (Fsp3) is 0.308. The Morgan fingerprint density at radius 2 is 1.95 bits per heavy atom. The number of carboxylic acids is 1. The first-order chi connectivity index (χ1) is 8.72. The van der Waals surface area contributed by atoms with Crippen molar-refractivity contribution in [2.45, 2.75) is 20.3 Å². The minimum atomic E-state index is -1.16. The molecule has 1 heterocycles. The zero-order valence-corrected chi connectivity index (χ0v) is 11.2. The van der Waals surface area contributed by atoms with Gasteiger partial charge in [0.05, 0.1) is 16.7 Å². The van der Waals surface area contributed by atoms with Gasteiger partial charge in [0.25, 0.3) is 0 Å². The number of anilines is 1. The molecular weight excluding hydrogens is 270 g/mol. The molecule has 0 spiro atoms. The second-order valence-electron chi connectivity index (χ2n) is 5.10. The number of hydrogen-bond donors (Lipinski definition) is 1. The van der Waals surface area contributed by atoms with E-state index in [0.29, 0.717) is 0 Å². The van der Waals surface area contributed by atoms with Crippen LogP contribution in [-0.4, -0.2) is 22.9 Å². The van der Waals surface area contributed by atoms with Crippen molar-refractivity contribution in [2.24, 2.45) is 5.41 Å². The molecule has 0 unspecified atom stereocenters. The van der Waals surface area contributed by atoms with E-state index in [-0.39, 0.29) is 34.5 Å². The summed E-state index contributed by atoms with van der Waals surface area (Å²) in [6.45, 7) is 3.35. The predicted octanol–water partition coefficient (Wildman–Crippen LogP) is 2.33. The normalized spacial score (nSPS) is 17.9. The molecule has 2 rings (SSSR count). The van der Waals surface area contributed by atoms with Gasteiger partial charge in [-0.25, -0.2) is 9.69 Å². The number of benzene rings is 1. The summed E-state index contributed by atoms with van der Waals surface area (Å²) in [6.07, 6.45) is 0.0980. The third kappa shape index (κ3) is 2.33. The lowest BCUT2D eigenvalue weighted by atomic mass is 9.92. The Hall–Kier alpha value is -1.88. The number of hydrogen-bond acceptors (Lipinski definition) is 3. The minimum Gasteiger partial charge on any atom is -0.478 e. The van der Waals surface area contributed by atoms with E-state index in [1.165, 1.54) is 18.2 Å². The number of halogens is 1. The van der Waals surface area contributed by atoms with Crippen molar-refractivity contribution in [1.29, 1.82) is 0 Å². The molecule has 1 saturated heterocycles. The third-order valence-electron chi connectivity index (χ3n) is 3.01. The number of carbonyl (C=O) groups excluding carboxylic acids is 2. The van der Waals surface area contributed by atoms with E-state index in [9.17, 15) is 14.4 Å². The number of imide groups is 1. The molecule has 1 aliphatic heterocycles. The van der Waals surface area contributed by atoms with Crippen LogP contribution in [0.1, 0.15) is 30.6 Å². The van der Waals surface area contributed by atoms with E-state index in [2.05, 4.69) is 0 Å². The largest absolute Gasteiger partial charge is 0.478 e. The summed E-state index contributed by atoms with van der Waals surface area (Å²) in [5.74, 6) is -1.87. The van der Waals surface area contributed by atoms with Crippen molar-refractivity contribution in [3.8, 4) is 0 Å². The van der Waals surface area contributed by atoms with Crippen LogP contribution in [0.4, 0.5) is 5.69 Å². The van der Waals surface area contributed by atoms with Gasteiger partial charge in [0.1, 0.15) is 0 Å². The van der Waals surface area contributed by atoms with E-state index in [1.54, 1.807) is 13.8 Å². The Morgan fingerprint density at radius 1 is 1.32 bits per heavy atom. The highest BCUT2D eigenvalue weighted by Gasteiger charge is 2.45. The van der Waals surface area contributed by atoms with Crippen LogP contribution in [0.3, 0.4) is 0 Å². The highest BCUT2D eigenvalue weighted by Crippen LogP contribution is 2.36. The molecule has 0 bridgehead atoms. The van der Waals surface area contributed by atoms with Gasteiger partial charge in [0.2, 0.25) is 11.8 Å². The molecule has 0 atom stereocenters. The van der Waals surface area contributed by atoms with Crippen molar-refractivity contribution < 1.29 is 19.5 Å². The Bertz CT molecular complexity index is 594. The zero-order valence-electron chi connectivity index (χ0n) is 10.4. The second kappa shape index (κ2) is 4.35. The number of aromatic carboxylic acids is 1.